The molecule has 0 atom stereocenters. The molecule has 6 nitrogen and oxygen atoms in total. The highest BCUT2D eigenvalue weighted by molar-refractivity contribution is 6.15. The van der Waals surface area contributed by atoms with Gasteiger partial charge in [-0.1, -0.05) is 54.6 Å². The summed E-state index contributed by atoms with van der Waals surface area (Å²) in [5, 5.41) is 3.43. The van der Waals surface area contributed by atoms with Gasteiger partial charge >= 0.3 is 0 Å². The molecule has 0 N–H and O–H groups in total. The van der Waals surface area contributed by atoms with Gasteiger partial charge in [0.15, 0.2) is 12.0 Å². The Morgan fingerprint density at radius 3 is 2.39 bits per heavy atom. The third kappa shape index (κ3) is 7.60. The molecule has 0 saturated carbocycles. The molecule has 5 aromatic rings. The van der Waals surface area contributed by atoms with Gasteiger partial charge in [0.05, 0.1) is 0 Å². The number of aldehydes is 1. The van der Waals surface area contributed by atoms with Crippen LogP contribution in [-0.2, 0) is 13.0 Å². The summed E-state index contributed by atoms with van der Waals surface area (Å²) in [5.41, 5.74) is 4.65. The number of hydrogen-bond acceptors (Lipinski definition) is 6. The van der Waals surface area contributed by atoms with Gasteiger partial charge < -0.3 is 23.7 Å². The molecule has 0 fully saturated rings. The maximum Gasteiger partial charge on any atom is 0.185 e. The lowest BCUT2D eigenvalue weighted by Crippen LogP contribution is -2.19. The topological polar surface area (TPSA) is 55.2 Å². The van der Waals surface area contributed by atoms with E-state index in [-0.39, 0.29) is 0 Å². The highest BCUT2D eigenvalue weighted by Crippen LogP contribution is 2.39. The first-order valence-corrected chi connectivity index (χ1v) is 14.3. The van der Waals surface area contributed by atoms with Crippen molar-refractivity contribution in [3.8, 4) is 11.5 Å². The molecule has 0 spiro atoms. The number of ether oxygens (including phenoxy) is 2. The Morgan fingerprint density at radius 2 is 1.66 bits per heavy atom. The molecule has 0 bridgehead atoms. The zero-order valence-electron chi connectivity index (χ0n) is 24.1. The Kier molecular flexibility index (Phi) is 10.7. The van der Waals surface area contributed by atoms with E-state index in [1.165, 1.54) is 34.0 Å². The van der Waals surface area contributed by atoms with Crippen LogP contribution in [0.15, 0.2) is 89.3 Å². The van der Waals surface area contributed by atoms with Gasteiger partial charge in [-0.3, -0.25) is 4.79 Å². The molecular weight excluding hydrogens is 536 g/mol. The van der Waals surface area contributed by atoms with Crippen molar-refractivity contribution in [3.05, 3.63) is 102 Å². The van der Waals surface area contributed by atoms with E-state index in [0.717, 1.165) is 36.4 Å². The zero-order valence-corrected chi connectivity index (χ0v) is 24.9. The van der Waals surface area contributed by atoms with Crippen LogP contribution in [0.3, 0.4) is 0 Å². The van der Waals surface area contributed by atoms with Gasteiger partial charge in [-0.05, 0) is 61.3 Å². The van der Waals surface area contributed by atoms with E-state index in [4.69, 9.17) is 13.9 Å². The van der Waals surface area contributed by atoms with Gasteiger partial charge in [0, 0.05) is 49.0 Å². The fourth-order valence-corrected chi connectivity index (χ4v) is 4.78. The third-order valence-corrected chi connectivity index (χ3v) is 6.87. The van der Waals surface area contributed by atoms with E-state index in [2.05, 4.69) is 70.9 Å². The van der Waals surface area contributed by atoms with E-state index in [1.807, 2.05) is 50.5 Å². The van der Waals surface area contributed by atoms with Crippen LogP contribution in [0.25, 0.3) is 21.7 Å². The molecule has 1 aliphatic rings. The second-order valence-corrected chi connectivity index (χ2v) is 9.98. The van der Waals surface area contributed by atoms with Crippen LogP contribution < -0.4 is 14.4 Å². The zero-order chi connectivity index (χ0) is 29.2. The molecule has 7 heteroatoms. The fourth-order valence-electron chi connectivity index (χ4n) is 4.78. The summed E-state index contributed by atoms with van der Waals surface area (Å²) in [5.74, 6) is 2.11. The summed E-state index contributed by atoms with van der Waals surface area (Å²) in [6, 6.07) is 28.3. The number of anilines is 1. The van der Waals surface area contributed by atoms with Crippen molar-refractivity contribution in [2.45, 2.75) is 13.0 Å². The Labute approximate surface area is 247 Å². The Morgan fingerprint density at radius 1 is 0.927 bits per heavy atom. The Bertz CT molecular complexity index is 1570. The van der Waals surface area contributed by atoms with E-state index >= 15 is 0 Å². The molecule has 4 aromatic carbocycles. The van der Waals surface area contributed by atoms with Crippen molar-refractivity contribution in [2.75, 3.05) is 52.1 Å². The predicted molar refractivity (Wildman–Crippen MR) is 169 cm³/mol. The molecule has 0 radical (unpaired) electrons. The third-order valence-electron chi connectivity index (χ3n) is 6.87. The second-order valence-electron chi connectivity index (χ2n) is 9.98. The van der Waals surface area contributed by atoms with Crippen LogP contribution in [0.1, 0.15) is 21.7 Å². The normalized spacial score (nSPS) is 11.9. The minimum absolute atomic E-state index is 0.338. The van der Waals surface area contributed by atoms with Crippen LogP contribution in [-0.4, -0.2) is 58.4 Å². The van der Waals surface area contributed by atoms with Crippen molar-refractivity contribution in [2.24, 2.45) is 0 Å². The largest absolute Gasteiger partial charge is 0.492 e. The maximum atomic E-state index is 10.6. The molecule has 1 aromatic heterocycles. The molecular formula is C34H37ClN2O4. The number of furan rings is 1. The number of carbonyl (C=O) groups is 1. The smallest absolute Gasteiger partial charge is 0.185 e. The first-order chi connectivity index (χ1) is 20.0. The molecule has 0 aliphatic carbocycles. The monoisotopic (exact) mass is 572 g/mol. The second kappa shape index (κ2) is 14.6. The summed E-state index contributed by atoms with van der Waals surface area (Å²) < 4.78 is 17.0. The standard InChI is InChI=1S/C20H19NO.C13H15NO3.CH3Cl/c1-21-12-11-17-16-9-5-6-10-18(16)20(13-19(17)21)22-14-15-7-3-2-4-8-15;1-14(2)5-6-16-11-3-4-13-10(7-11)8-12(9-15)17-13;1-2/h2-10,13H,11-12,14H2,1H3;3-4,7-9H,5-6H2,1-2H3;1H3. The average Bonchev–Trinajstić information content (AvgIpc) is 3.60. The van der Waals surface area contributed by atoms with Gasteiger partial charge in [0.25, 0.3) is 0 Å². The first kappa shape index (κ1) is 30.0. The fraction of sp³-hybridized carbons (Fsp3) is 0.265. The number of alkyl halides is 1. The molecule has 1 aliphatic heterocycles. The minimum atomic E-state index is 0.338. The number of fused-ring (bicyclic) bond motifs is 4. The van der Waals surface area contributed by atoms with Crippen LogP contribution in [0, 0.1) is 0 Å². The number of rotatable bonds is 8. The van der Waals surface area contributed by atoms with E-state index < -0.39 is 0 Å². The molecule has 6 rings (SSSR count). The summed E-state index contributed by atoms with van der Waals surface area (Å²) in [7, 11) is 6.15. The lowest BCUT2D eigenvalue weighted by molar-refractivity contribution is 0.110. The van der Waals surface area contributed by atoms with Crippen LogP contribution >= 0.6 is 11.6 Å². The first-order valence-electron chi connectivity index (χ1n) is 13.6. The SMILES string of the molecule is CCl.CN(C)CCOc1ccc2oc(C=O)cc2c1.CN1CCc2c1cc(OCc1ccccc1)c1ccccc21. The van der Waals surface area contributed by atoms with Gasteiger partial charge in [-0.15, -0.1) is 11.6 Å². The highest BCUT2D eigenvalue weighted by atomic mass is 35.5. The molecule has 0 saturated heterocycles. The quantitative estimate of drug-likeness (QED) is 0.142. The van der Waals surface area contributed by atoms with Crippen molar-refractivity contribution >= 4 is 45.3 Å². The maximum absolute atomic E-state index is 10.6. The van der Waals surface area contributed by atoms with E-state index in [9.17, 15) is 4.79 Å². The lowest BCUT2D eigenvalue weighted by Gasteiger charge is -2.16. The lowest BCUT2D eigenvalue weighted by atomic mass is 10.0. The van der Waals surface area contributed by atoms with Gasteiger partial charge in [-0.25, -0.2) is 0 Å². The molecule has 2 heterocycles. The molecule has 0 amide bonds. The van der Waals surface area contributed by atoms with Crippen LogP contribution in [0.4, 0.5) is 5.69 Å². The number of halogens is 1. The molecule has 214 valence electrons. The average molecular weight is 573 g/mol. The van der Waals surface area contributed by atoms with E-state index in [1.54, 1.807) is 6.07 Å². The van der Waals surface area contributed by atoms with Gasteiger partial charge in [-0.2, -0.15) is 0 Å². The number of carbonyl (C=O) groups excluding carboxylic acids is 1. The van der Waals surface area contributed by atoms with Crippen LogP contribution in [0.5, 0.6) is 11.5 Å². The number of hydrogen-bond donors (Lipinski definition) is 0. The molecule has 41 heavy (non-hydrogen) atoms. The van der Waals surface area contributed by atoms with Crippen molar-refractivity contribution in [3.63, 3.8) is 0 Å². The van der Waals surface area contributed by atoms with Crippen molar-refractivity contribution in [1.29, 1.82) is 0 Å². The Balaban J connectivity index is 0.000000184. The van der Waals surface area contributed by atoms with Gasteiger partial charge in [0.2, 0.25) is 0 Å². The van der Waals surface area contributed by atoms with Crippen LogP contribution in [0.2, 0.25) is 0 Å². The van der Waals surface area contributed by atoms with Crippen molar-refractivity contribution < 1.29 is 18.7 Å². The van der Waals surface area contributed by atoms with E-state index in [0.29, 0.717) is 30.8 Å². The summed E-state index contributed by atoms with van der Waals surface area (Å²) in [4.78, 5) is 15.0. The number of nitrogens with zero attached hydrogens (tertiary/aromatic N) is 2. The van der Waals surface area contributed by atoms with Crippen molar-refractivity contribution in [1.82, 2.24) is 4.90 Å². The minimum Gasteiger partial charge on any atom is -0.492 e. The summed E-state index contributed by atoms with van der Waals surface area (Å²) in [6.07, 6.45) is 3.29. The summed E-state index contributed by atoms with van der Waals surface area (Å²) >= 11 is 4.64. The predicted octanol–water partition coefficient (Wildman–Crippen LogP) is 7.45. The summed E-state index contributed by atoms with van der Waals surface area (Å²) in [6.45, 7) is 3.19. The number of benzene rings is 4. The molecule has 0 unspecified atom stereocenters. The number of likely N-dealkylation sites (N-methyl/N-ethyl adjacent to an activating group) is 2. The highest BCUT2D eigenvalue weighted by Gasteiger charge is 2.20. The Hall–Kier alpha value is -4.00. The van der Waals surface area contributed by atoms with Gasteiger partial charge in [0.1, 0.15) is 30.3 Å².